The predicted octanol–water partition coefficient (Wildman–Crippen LogP) is 4.94. The van der Waals surface area contributed by atoms with Crippen molar-refractivity contribution in [3.63, 3.8) is 0 Å². The molecule has 3 rings (SSSR count). The molecule has 2 aromatic rings. The van der Waals surface area contributed by atoms with Crippen molar-refractivity contribution in [3.05, 3.63) is 64.7 Å². The van der Waals surface area contributed by atoms with Gasteiger partial charge in [-0.25, -0.2) is 0 Å². The van der Waals surface area contributed by atoms with Gasteiger partial charge in [0.1, 0.15) is 5.75 Å². The number of rotatable bonds is 11. The van der Waals surface area contributed by atoms with Crippen LogP contribution in [0.5, 0.6) is 17.2 Å². The molecule has 0 saturated carbocycles. The van der Waals surface area contributed by atoms with Gasteiger partial charge in [-0.2, -0.15) is 0 Å². The summed E-state index contributed by atoms with van der Waals surface area (Å²) < 4.78 is 34.2. The first kappa shape index (κ1) is 23.1. The molecule has 1 aliphatic carbocycles. The highest BCUT2D eigenvalue weighted by Gasteiger charge is 2.33. The van der Waals surface area contributed by atoms with Crippen LogP contribution in [0.25, 0.3) is 0 Å². The van der Waals surface area contributed by atoms with Gasteiger partial charge in [0.2, 0.25) is 0 Å². The molecule has 0 radical (unpaired) electrons. The molecule has 0 aromatic heterocycles. The number of hydrogen-bond acceptors (Lipinski definition) is 6. The summed E-state index contributed by atoms with van der Waals surface area (Å²) in [5.41, 5.74) is 4.08. The highest BCUT2D eigenvalue weighted by Crippen LogP contribution is 2.51. The van der Waals surface area contributed by atoms with Crippen molar-refractivity contribution in [2.45, 2.75) is 32.3 Å². The maximum Gasteiger partial charge on any atom is 0.188 e. The molecule has 31 heavy (non-hydrogen) atoms. The van der Waals surface area contributed by atoms with Crippen molar-refractivity contribution in [2.75, 3.05) is 41.5 Å². The summed E-state index contributed by atoms with van der Waals surface area (Å²) in [6.45, 7) is 5.44. The number of fused-ring (bicyclic) bond motifs is 1. The summed E-state index contributed by atoms with van der Waals surface area (Å²) in [5, 5.41) is 0. The second-order valence-corrected chi connectivity index (χ2v) is 7.53. The molecule has 0 heterocycles. The van der Waals surface area contributed by atoms with Gasteiger partial charge in [-0.15, -0.1) is 0 Å². The summed E-state index contributed by atoms with van der Waals surface area (Å²) in [6, 6.07) is 10.2. The van der Waals surface area contributed by atoms with Gasteiger partial charge in [0.25, 0.3) is 0 Å². The van der Waals surface area contributed by atoms with Crippen molar-refractivity contribution in [2.24, 2.45) is 0 Å². The first-order chi connectivity index (χ1) is 15.1. The molecule has 1 aliphatic rings. The van der Waals surface area contributed by atoms with Gasteiger partial charge in [0.05, 0.1) is 20.3 Å². The summed E-state index contributed by atoms with van der Waals surface area (Å²) in [5.74, 6) is 2.21. The fraction of sp³-hybridized carbons (Fsp3) is 0.440. The molecular weight excluding hydrogens is 396 g/mol. The van der Waals surface area contributed by atoms with Gasteiger partial charge in [-0.3, -0.25) is 0 Å². The van der Waals surface area contributed by atoms with Crippen molar-refractivity contribution in [1.29, 1.82) is 0 Å². The molecule has 0 fully saturated rings. The summed E-state index contributed by atoms with van der Waals surface area (Å²) >= 11 is 0. The summed E-state index contributed by atoms with van der Waals surface area (Å²) in [4.78, 5) is 0. The van der Waals surface area contributed by atoms with E-state index in [0.29, 0.717) is 24.7 Å². The van der Waals surface area contributed by atoms with Gasteiger partial charge in [0.15, 0.2) is 25.1 Å². The lowest BCUT2D eigenvalue weighted by atomic mass is 9.80. The minimum atomic E-state index is 0.0104. The van der Waals surface area contributed by atoms with Crippen LogP contribution in [0.3, 0.4) is 0 Å². The maximum absolute atomic E-state index is 6.09. The SMILES string of the molecule is COCOc1c(C)c(OC)c(OCOC)c2c1[C@@H](COCc1ccccc1)C=C[C@@H]2C. The zero-order valence-corrected chi connectivity index (χ0v) is 19.0. The summed E-state index contributed by atoms with van der Waals surface area (Å²) in [6.07, 6.45) is 4.36. The van der Waals surface area contributed by atoms with E-state index in [1.165, 1.54) is 0 Å². The highest BCUT2D eigenvalue weighted by molar-refractivity contribution is 5.67. The molecule has 0 aliphatic heterocycles. The fourth-order valence-corrected chi connectivity index (χ4v) is 3.98. The molecule has 2 atom stereocenters. The van der Waals surface area contributed by atoms with Crippen molar-refractivity contribution in [1.82, 2.24) is 0 Å². The molecule has 0 spiro atoms. The Morgan fingerprint density at radius 1 is 0.806 bits per heavy atom. The lowest BCUT2D eigenvalue weighted by Gasteiger charge is -2.31. The van der Waals surface area contributed by atoms with Gasteiger partial charge < -0.3 is 28.4 Å². The van der Waals surface area contributed by atoms with E-state index >= 15 is 0 Å². The maximum atomic E-state index is 6.09. The van der Waals surface area contributed by atoms with Gasteiger partial charge in [-0.1, -0.05) is 49.4 Å². The third kappa shape index (κ3) is 5.21. The lowest BCUT2D eigenvalue weighted by Crippen LogP contribution is -2.19. The molecular formula is C25H32O6. The van der Waals surface area contributed by atoms with Crippen LogP contribution in [0.2, 0.25) is 0 Å². The molecule has 6 heteroatoms. The van der Waals surface area contributed by atoms with E-state index in [-0.39, 0.29) is 25.4 Å². The Labute approximate surface area is 184 Å². The minimum Gasteiger partial charge on any atom is -0.492 e. The molecule has 0 N–H and O–H groups in total. The molecule has 0 amide bonds. The molecule has 2 aromatic carbocycles. The third-order valence-corrected chi connectivity index (χ3v) is 5.38. The van der Waals surface area contributed by atoms with E-state index in [9.17, 15) is 0 Å². The van der Waals surface area contributed by atoms with E-state index < -0.39 is 0 Å². The second kappa shape index (κ2) is 11.2. The number of benzene rings is 2. The van der Waals surface area contributed by atoms with Crippen LogP contribution in [-0.4, -0.2) is 41.5 Å². The first-order valence-corrected chi connectivity index (χ1v) is 10.4. The quantitative estimate of drug-likeness (QED) is 0.373. The Balaban J connectivity index is 2.00. The molecule has 0 unspecified atom stereocenters. The summed E-state index contributed by atoms with van der Waals surface area (Å²) in [7, 11) is 4.85. The molecule has 6 nitrogen and oxygen atoms in total. The van der Waals surface area contributed by atoms with Crippen LogP contribution in [0.4, 0.5) is 0 Å². The van der Waals surface area contributed by atoms with E-state index in [4.69, 9.17) is 28.4 Å². The van der Waals surface area contributed by atoms with E-state index in [2.05, 4.69) is 31.2 Å². The topological polar surface area (TPSA) is 55.4 Å². The Bertz CT molecular complexity index is 878. The molecule has 0 bridgehead atoms. The number of hydrogen-bond donors (Lipinski definition) is 0. The third-order valence-electron chi connectivity index (χ3n) is 5.38. The standard InChI is InChI=1S/C25H32O6/c1-17-11-12-20(14-29-13-19-9-7-6-8-10-19)22-21(17)25(31-16-27-4)24(28-5)18(2)23(22)30-15-26-3/h6-12,17,20H,13-16H2,1-5H3/t17-,20+/m0/s1. The molecule has 168 valence electrons. The Kier molecular flexibility index (Phi) is 8.35. The minimum absolute atomic E-state index is 0.0104. The number of allylic oxidation sites excluding steroid dienone is 1. The van der Waals surface area contributed by atoms with E-state index in [1.807, 2.05) is 25.1 Å². The zero-order valence-electron chi connectivity index (χ0n) is 19.0. The zero-order chi connectivity index (χ0) is 22.2. The van der Waals surface area contributed by atoms with Gasteiger partial charge >= 0.3 is 0 Å². The van der Waals surface area contributed by atoms with Crippen LogP contribution in [0.15, 0.2) is 42.5 Å². The van der Waals surface area contributed by atoms with Crippen LogP contribution < -0.4 is 14.2 Å². The smallest absolute Gasteiger partial charge is 0.188 e. The largest absolute Gasteiger partial charge is 0.492 e. The van der Waals surface area contributed by atoms with Crippen LogP contribution >= 0.6 is 0 Å². The van der Waals surface area contributed by atoms with Crippen molar-refractivity contribution < 1.29 is 28.4 Å². The van der Waals surface area contributed by atoms with Crippen molar-refractivity contribution >= 4 is 0 Å². The average Bonchev–Trinajstić information content (AvgIpc) is 2.79. The second-order valence-electron chi connectivity index (χ2n) is 7.53. The van der Waals surface area contributed by atoms with Crippen LogP contribution in [0.1, 0.15) is 41.0 Å². The lowest BCUT2D eigenvalue weighted by molar-refractivity contribution is 0.0440. The fourth-order valence-electron chi connectivity index (χ4n) is 3.98. The molecule has 0 saturated heterocycles. The monoisotopic (exact) mass is 428 g/mol. The van der Waals surface area contributed by atoms with E-state index in [0.717, 1.165) is 28.0 Å². The van der Waals surface area contributed by atoms with Crippen molar-refractivity contribution in [3.8, 4) is 17.2 Å². The highest BCUT2D eigenvalue weighted by atomic mass is 16.7. The van der Waals surface area contributed by atoms with Crippen LogP contribution in [-0.2, 0) is 20.8 Å². The Morgan fingerprint density at radius 3 is 2.13 bits per heavy atom. The van der Waals surface area contributed by atoms with Gasteiger partial charge in [-0.05, 0) is 12.5 Å². The van der Waals surface area contributed by atoms with Gasteiger partial charge in [0, 0.05) is 42.7 Å². The van der Waals surface area contributed by atoms with E-state index in [1.54, 1.807) is 21.3 Å². The Morgan fingerprint density at radius 2 is 1.48 bits per heavy atom. The normalized spacial score (nSPS) is 17.3. The number of ether oxygens (including phenoxy) is 6. The predicted molar refractivity (Wildman–Crippen MR) is 119 cm³/mol. The first-order valence-electron chi connectivity index (χ1n) is 10.4. The average molecular weight is 429 g/mol. The number of methoxy groups -OCH3 is 3. The Hall–Kier alpha value is -2.54. The van der Waals surface area contributed by atoms with Crippen LogP contribution in [0, 0.1) is 6.92 Å².